The maximum Gasteiger partial charge on any atom is 0.309 e. The molecular formula is C16H26O2. The minimum absolute atomic E-state index is 0.116. The molecule has 0 atom stereocenters. The van der Waals surface area contributed by atoms with Crippen LogP contribution in [0.25, 0.3) is 0 Å². The lowest BCUT2D eigenvalue weighted by Gasteiger charge is -2.33. The van der Waals surface area contributed by atoms with Crippen LogP contribution in [0.15, 0.2) is 36.5 Å². The molecule has 18 heavy (non-hydrogen) atoms. The number of esters is 1. The van der Waals surface area contributed by atoms with E-state index in [0.717, 1.165) is 18.4 Å². The van der Waals surface area contributed by atoms with E-state index < -0.39 is 5.60 Å². The molecular weight excluding hydrogens is 224 g/mol. The highest BCUT2D eigenvalue weighted by Gasteiger charge is 2.33. The van der Waals surface area contributed by atoms with Gasteiger partial charge in [-0.1, -0.05) is 58.6 Å². The van der Waals surface area contributed by atoms with Crippen LogP contribution < -0.4 is 0 Å². The van der Waals surface area contributed by atoms with Gasteiger partial charge in [0, 0.05) is 0 Å². The van der Waals surface area contributed by atoms with Crippen molar-refractivity contribution in [2.75, 3.05) is 0 Å². The normalized spacial score (nSPS) is 13.1. The molecule has 0 rings (SSSR count). The first-order chi connectivity index (χ1) is 8.47. The average molecular weight is 250 g/mol. The highest BCUT2D eigenvalue weighted by atomic mass is 16.6. The second-order valence-electron chi connectivity index (χ2n) is 4.63. The Kier molecular flexibility index (Phi) is 7.33. The molecule has 0 aromatic heterocycles. The van der Waals surface area contributed by atoms with E-state index in [2.05, 4.69) is 6.58 Å². The van der Waals surface area contributed by atoms with Gasteiger partial charge in [-0.05, 0) is 25.3 Å². The smallest absolute Gasteiger partial charge is 0.309 e. The summed E-state index contributed by atoms with van der Waals surface area (Å²) in [5, 5.41) is 0. The van der Waals surface area contributed by atoms with Crippen molar-refractivity contribution in [2.24, 2.45) is 5.92 Å². The van der Waals surface area contributed by atoms with E-state index in [0.29, 0.717) is 0 Å². The lowest BCUT2D eigenvalue weighted by molar-refractivity contribution is -0.160. The molecule has 2 nitrogen and oxygen atoms in total. The molecule has 0 aliphatic carbocycles. The topological polar surface area (TPSA) is 26.3 Å². The first kappa shape index (κ1) is 16.7. The summed E-state index contributed by atoms with van der Waals surface area (Å²) in [5.74, 6) is -0.276. The molecule has 0 N–H and O–H groups in total. The van der Waals surface area contributed by atoms with Gasteiger partial charge in [0.25, 0.3) is 0 Å². The van der Waals surface area contributed by atoms with Gasteiger partial charge >= 0.3 is 5.97 Å². The molecule has 0 aromatic carbocycles. The lowest BCUT2D eigenvalue weighted by atomic mass is 9.87. The van der Waals surface area contributed by atoms with Gasteiger partial charge in [0.1, 0.15) is 5.60 Å². The number of carbonyl (C=O) groups excluding carboxylic acids is 1. The van der Waals surface area contributed by atoms with Crippen molar-refractivity contribution in [2.45, 2.75) is 53.1 Å². The number of ether oxygens (including phenoxy) is 1. The van der Waals surface area contributed by atoms with Crippen molar-refractivity contribution in [1.29, 1.82) is 0 Å². The van der Waals surface area contributed by atoms with Gasteiger partial charge in [-0.15, -0.1) is 0 Å². The van der Waals surface area contributed by atoms with Crippen LogP contribution in [0.4, 0.5) is 0 Å². The predicted octanol–water partition coefficient (Wildman–Crippen LogP) is 4.43. The van der Waals surface area contributed by atoms with E-state index in [9.17, 15) is 4.79 Å². The zero-order valence-corrected chi connectivity index (χ0v) is 12.3. The van der Waals surface area contributed by atoms with Crippen LogP contribution in [-0.2, 0) is 9.53 Å². The third kappa shape index (κ3) is 4.17. The van der Waals surface area contributed by atoms with E-state index in [-0.39, 0.29) is 11.9 Å². The molecule has 0 unspecified atom stereocenters. The van der Waals surface area contributed by atoms with Gasteiger partial charge in [0.05, 0.1) is 5.92 Å². The highest BCUT2D eigenvalue weighted by Crippen LogP contribution is 2.31. The molecule has 0 saturated heterocycles. The van der Waals surface area contributed by atoms with Gasteiger partial charge in [0.15, 0.2) is 0 Å². The quantitative estimate of drug-likeness (QED) is 0.493. The Hall–Kier alpha value is -1.31. The lowest BCUT2D eigenvalue weighted by Crippen LogP contribution is -2.37. The van der Waals surface area contributed by atoms with Crippen LogP contribution in [0.5, 0.6) is 0 Å². The molecule has 0 radical (unpaired) electrons. The first-order valence-electron chi connectivity index (χ1n) is 6.66. The summed E-state index contributed by atoms with van der Waals surface area (Å²) < 4.78 is 5.74. The van der Waals surface area contributed by atoms with E-state index in [1.807, 2.05) is 52.8 Å². The largest absolute Gasteiger partial charge is 0.454 e. The Morgan fingerprint density at radius 2 is 1.89 bits per heavy atom. The van der Waals surface area contributed by atoms with Gasteiger partial charge in [0.2, 0.25) is 0 Å². The van der Waals surface area contributed by atoms with E-state index in [1.165, 1.54) is 0 Å². The minimum Gasteiger partial charge on any atom is -0.454 e. The van der Waals surface area contributed by atoms with Crippen LogP contribution in [0, 0.1) is 5.92 Å². The van der Waals surface area contributed by atoms with E-state index in [4.69, 9.17) is 4.74 Å². The van der Waals surface area contributed by atoms with E-state index in [1.54, 1.807) is 6.08 Å². The maximum atomic E-state index is 11.9. The Labute approximate surface area is 111 Å². The van der Waals surface area contributed by atoms with Crippen molar-refractivity contribution >= 4 is 5.97 Å². The summed E-state index contributed by atoms with van der Waals surface area (Å²) in [4.78, 5) is 11.9. The average Bonchev–Trinajstić information content (AvgIpc) is 2.37. The third-order valence-corrected chi connectivity index (χ3v) is 3.12. The van der Waals surface area contributed by atoms with Crippen LogP contribution in [-0.4, -0.2) is 11.6 Å². The van der Waals surface area contributed by atoms with Crippen LogP contribution in [0.2, 0.25) is 0 Å². The molecule has 0 aliphatic heterocycles. The third-order valence-electron chi connectivity index (χ3n) is 3.12. The molecule has 0 aromatic rings. The fourth-order valence-corrected chi connectivity index (χ4v) is 1.78. The summed E-state index contributed by atoms with van der Waals surface area (Å²) in [7, 11) is 0. The molecule has 0 fully saturated rings. The highest BCUT2D eigenvalue weighted by molar-refractivity contribution is 5.72. The Bertz CT molecular complexity index is 331. The molecule has 0 amide bonds. The summed E-state index contributed by atoms with van der Waals surface area (Å²) in [5.41, 5.74) is 0.405. The molecule has 102 valence electrons. The molecule has 0 heterocycles. The van der Waals surface area contributed by atoms with Crippen molar-refractivity contribution in [3.63, 3.8) is 0 Å². The van der Waals surface area contributed by atoms with Gasteiger partial charge < -0.3 is 4.74 Å². The van der Waals surface area contributed by atoms with Crippen molar-refractivity contribution in [3.05, 3.63) is 36.5 Å². The fourth-order valence-electron chi connectivity index (χ4n) is 1.78. The van der Waals surface area contributed by atoms with Crippen LogP contribution in [0.3, 0.4) is 0 Å². The van der Waals surface area contributed by atoms with Crippen LogP contribution in [0.1, 0.15) is 47.5 Å². The number of carbonyl (C=O) groups is 1. The molecule has 0 saturated carbocycles. The van der Waals surface area contributed by atoms with Crippen molar-refractivity contribution < 1.29 is 9.53 Å². The Morgan fingerprint density at radius 3 is 2.22 bits per heavy atom. The fraction of sp³-hybridized carbons (Fsp3) is 0.562. The molecule has 2 heteroatoms. The number of hydrogen-bond acceptors (Lipinski definition) is 2. The van der Waals surface area contributed by atoms with Gasteiger partial charge in [-0.25, -0.2) is 0 Å². The Balaban J connectivity index is 5.35. The number of rotatable bonds is 7. The van der Waals surface area contributed by atoms with Gasteiger partial charge in [-0.2, -0.15) is 0 Å². The van der Waals surface area contributed by atoms with Crippen molar-refractivity contribution in [1.82, 2.24) is 0 Å². The zero-order chi connectivity index (χ0) is 14.2. The zero-order valence-electron chi connectivity index (χ0n) is 12.3. The predicted molar refractivity (Wildman–Crippen MR) is 77.3 cm³/mol. The summed E-state index contributed by atoms with van der Waals surface area (Å²) in [6.07, 6.45) is 9.13. The second-order valence-corrected chi connectivity index (χ2v) is 4.63. The minimum atomic E-state index is -0.553. The summed E-state index contributed by atoms with van der Waals surface area (Å²) >= 11 is 0. The Morgan fingerprint density at radius 1 is 1.33 bits per heavy atom. The number of allylic oxidation sites excluding steroid dienone is 3. The summed E-state index contributed by atoms with van der Waals surface area (Å²) in [6.45, 7) is 13.6. The molecule has 0 aliphatic rings. The maximum absolute atomic E-state index is 11.9. The standard InChI is InChI=1S/C16H26O2/c1-7-11-12-14(8-2)16(9-3,10-4)18-15(17)13(5)6/h7-8,11-13H,2,9-10H2,1,3-6H3/b11-7-,14-12+. The van der Waals surface area contributed by atoms with Gasteiger partial charge in [-0.3, -0.25) is 4.79 Å². The first-order valence-corrected chi connectivity index (χ1v) is 6.66. The molecule has 0 bridgehead atoms. The summed E-state index contributed by atoms with van der Waals surface area (Å²) in [6, 6.07) is 0. The molecule has 0 spiro atoms. The van der Waals surface area contributed by atoms with Crippen molar-refractivity contribution in [3.8, 4) is 0 Å². The number of hydrogen-bond donors (Lipinski definition) is 0. The second kappa shape index (κ2) is 7.91. The van der Waals surface area contributed by atoms with E-state index >= 15 is 0 Å². The van der Waals surface area contributed by atoms with Crippen LogP contribution >= 0.6 is 0 Å². The SMILES string of the molecule is C=C/C(=C\C=C/C)C(CC)(CC)OC(=O)C(C)C. The monoisotopic (exact) mass is 250 g/mol.